The van der Waals surface area contributed by atoms with Gasteiger partial charge < -0.3 is 49.3 Å². The molecule has 0 aliphatic carbocycles. The summed E-state index contributed by atoms with van der Waals surface area (Å²) in [7, 11) is 2.56. The summed E-state index contributed by atoms with van der Waals surface area (Å²) in [5, 5.41) is 5.37. The summed E-state index contributed by atoms with van der Waals surface area (Å²) in [4.78, 5) is 70.9. The molecule has 16 nitrogen and oxygen atoms in total. The Labute approximate surface area is 324 Å². The first-order chi connectivity index (χ1) is 26.9. The molecule has 2 saturated heterocycles. The molecule has 4 N–H and O–H groups in total. The Kier molecular flexibility index (Phi) is 10.9. The number of ether oxygens (including phenoxy) is 4. The first kappa shape index (κ1) is 38.2. The number of amides is 4. The van der Waals surface area contributed by atoms with E-state index >= 15 is 0 Å². The second-order valence-electron chi connectivity index (χ2n) is 15.0. The van der Waals surface area contributed by atoms with Crippen LogP contribution in [0, 0.1) is 11.8 Å². The standard InChI is InChI=1S/C40H48N8O8/c1-21(2)33(45-39(51)53-5)37(49)47-15-7-9-27(47)35-41-19-25(43-35)23-11-13-29-31(17-23)56-32-18-24(12-14-30(32)55-29)26-20-42-36(44-26)28-10-8-16-48(28)38(50)34(22(3)4)46-40(52)54-6/h11-14,17-22,27-28,33-34H,7-10,15-16H2,1-6H3,(H,41,43)(H,42,44)(H,45,51)(H,46,52). The first-order valence-electron chi connectivity index (χ1n) is 19.0. The number of nitrogens with zero attached hydrogens (tertiary/aromatic N) is 4. The Morgan fingerprint density at radius 3 is 1.48 bits per heavy atom. The van der Waals surface area contributed by atoms with Crippen LogP contribution in [-0.2, 0) is 19.1 Å². The SMILES string of the molecule is COC(=O)NC(C(=O)N1CCCC1c1ncc(-c2ccc3c(c2)Oc2cc(-c4cnc(C5CCCN5C(=O)C(NC(=O)OC)C(C)C)[nH]4)ccc2O3)[nH]1)C(C)C. The van der Waals surface area contributed by atoms with Crippen molar-refractivity contribution in [2.75, 3.05) is 27.3 Å². The minimum absolute atomic E-state index is 0.132. The number of aromatic amines is 2. The van der Waals surface area contributed by atoms with Crippen molar-refractivity contribution in [3.63, 3.8) is 0 Å². The summed E-state index contributed by atoms with van der Waals surface area (Å²) >= 11 is 0. The lowest BCUT2D eigenvalue weighted by molar-refractivity contribution is -0.136. The molecule has 7 rings (SSSR count). The van der Waals surface area contributed by atoms with Crippen LogP contribution in [0.15, 0.2) is 48.8 Å². The zero-order chi connectivity index (χ0) is 39.7. The molecule has 4 amide bonds. The molecule has 2 fully saturated rings. The number of carbonyl (C=O) groups excluding carboxylic acids is 4. The van der Waals surface area contributed by atoms with Crippen LogP contribution in [0.4, 0.5) is 9.59 Å². The molecule has 0 bridgehead atoms. The van der Waals surface area contributed by atoms with Gasteiger partial charge in [-0.25, -0.2) is 19.6 Å². The van der Waals surface area contributed by atoms with Gasteiger partial charge in [0, 0.05) is 24.2 Å². The summed E-state index contributed by atoms with van der Waals surface area (Å²) in [5.41, 5.74) is 3.15. The number of nitrogens with one attached hydrogen (secondary N) is 4. The van der Waals surface area contributed by atoms with Gasteiger partial charge in [0.1, 0.15) is 23.7 Å². The molecule has 2 aromatic heterocycles. The number of alkyl carbamates (subject to hydrolysis) is 2. The average Bonchev–Trinajstić information content (AvgIpc) is 4.03. The third-order valence-electron chi connectivity index (χ3n) is 10.6. The largest absolute Gasteiger partial charge is 0.453 e. The van der Waals surface area contributed by atoms with Gasteiger partial charge in [0.15, 0.2) is 23.0 Å². The molecule has 3 aliphatic heterocycles. The van der Waals surface area contributed by atoms with Crippen molar-refractivity contribution in [2.45, 2.75) is 77.5 Å². The number of aromatic nitrogens is 4. The zero-order valence-corrected chi connectivity index (χ0v) is 32.4. The fraction of sp³-hybridized carbons (Fsp3) is 0.450. The van der Waals surface area contributed by atoms with Gasteiger partial charge in [0.2, 0.25) is 11.8 Å². The molecule has 4 atom stereocenters. The normalized spacial score (nSPS) is 18.4. The Bertz CT molecular complexity index is 1960. The van der Waals surface area contributed by atoms with E-state index in [9.17, 15) is 19.2 Å². The van der Waals surface area contributed by atoms with Gasteiger partial charge in [0.25, 0.3) is 0 Å². The zero-order valence-electron chi connectivity index (χ0n) is 32.4. The maximum atomic E-state index is 13.6. The summed E-state index contributed by atoms with van der Waals surface area (Å²) in [5.74, 6) is 2.91. The fourth-order valence-electron chi connectivity index (χ4n) is 7.61. The number of H-pyrrole nitrogens is 2. The van der Waals surface area contributed by atoms with Crippen molar-refractivity contribution in [3.8, 4) is 45.5 Å². The second kappa shape index (κ2) is 16.0. The summed E-state index contributed by atoms with van der Waals surface area (Å²) in [6, 6.07) is 9.33. The number of imidazole rings is 2. The molecule has 0 radical (unpaired) electrons. The van der Waals surface area contributed by atoms with Crippen molar-refractivity contribution in [3.05, 3.63) is 60.4 Å². The van der Waals surface area contributed by atoms with Gasteiger partial charge in [0.05, 0.1) is 50.1 Å². The third-order valence-corrected chi connectivity index (χ3v) is 10.6. The van der Waals surface area contributed by atoms with E-state index < -0.39 is 24.3 Å². The second-order valence-corrected chi connectivity index (χ2v) is 15.0. The Morgan fingerprint density at radius 2 is 1.09 bits per heavy atom. The van der Waals surface area contributed by atoms with E-state index in [2.05, 4.69) is 30.6 Å². The predicted octanol–water partition coefficient (Wildman–Crippen LogP) is 6.45. The van der Waals surface area contributed by atoms with E-state index in [-0.39, 0.29) is 35.7 Å². The van der Waals surface area contributed by atoms with Gasteiger partial charge in [-0.1, -0.05) is 27.7 Å². The van der Waals surface area contributed by atoms with Crippen molar-refractivity contribution >= 4 is 24.0 Å². The molecular formula is C40H48N8O8. The van der Waals surface area contributed by atoms with Gasteiger partial charge in [-0.2, -0.15) is 0 Å². The lowest BCUT2D eigenvalue weighted by Crippen LogP contribution is -2.51. The van der Waals surface area contributed by atoms with Crippen molar-refractivity contribution in [1.82, 2.24) is 40.4 Å². The van der Waals surface area contributed by atoms with Gasteiger partial charge >= 0.3 is 12.2 Å². The summed E-state index contributed by atoms with van der Waals surface area (Å²) < 4.78 is 22.1. The lowest BCUT2D eigenvalue weighted by atomic mass is 10.0. The van der Waals surface area contributed by atoms with E-state index in [4.69, 9.17) is 18.9 Å². The Morgan fingerprint density at radius 1 is 0.679 bits per heavy atom. The molecule has 16 heteroatoms. The van der Waals surface area contributed by atoms with Crippen LogP contribution in [-0.4, -0.2) is 93.1 Å². The fourth-order valence-corrected chi connectivity index (χ4v) is 7.61. The maximum absolute atomic E-state index is 13.6. The van der Waals surface area contributed by atoms with Crippen LogP contribution in [0.25, 0.3) is 22.5 Å². The van der Waals surface area contributed by atoms with Crippen molar-refractivity contribution in [2.24, 2.45) is 11.8 Å². The summed E-state index contributed by atoms with van der Waals surface area (Å²) in [6.45, 7) is 8.66. The number of hydrogen-bond acceptors (Lipinski definition) is 10. The molecule has 0 spiro atoms. The highest BCUT2D eigenvalue weighted by Gasteiger charge is 2.39. The summed E-state index contributed by atoms with van der Waals surface area (Å²) in [6.07, 6.45) is 5.31. The maximum Gasteiger partial charge on any atom is 0.407 e. The monoisotopic (exact) mass is 768 g/mol. The van der Waals surface area contributed by atoms with Crippen LogP contribution in [0.3, 0.4) is 0 Å². The number of likely N-dealkylation sites (tertiary alicyclic amines) is 2. The molecule has 4 unspecified atom stereocenters. The molecule has 3 aliphatic rings. The highest BCUT2D eigenvalue weighted by Crippen LogP contribution is 2.48. The van der Waals surface area contributed by atoms with Gasteiger partial charge in [-0.3, -0.25) is 9.59 Å². The van der Waals surface area contributed by atoms with E-state index in [0.717, 1.165) is 48.2 Å². The molecular weight excluding hydrogens is 720 g/mol. The van der Waals surface area contributed by atoms with Gasteiger partial charge in [-0.15, -0.1) is 0 Å². The van der Waals surface area contributed by atoms with Crippen molar-refractivity contribution < 1.29 is 38.1 Å². The lowest BCUT2D eigenvalue weighted by Gasteiger charge is -2.30. The number of fused-ring (bicyclic) bond motifs is 2. The van der Waals surface area contributed by atoms with E-state index in [1.54, 1.807) is 22.2 Å². The number of benzene rings is 2. The number of methoxy groups -OCH3 is 2. The predicted molar refractivity (Wildman–Crippen MR) is 204 cm³/mol. The molecule has 2 aromatic carbocycles. The highest BCUT2D eigenvalue weighted by molar-refractivity contribution is 5.87. The smallest absolute Gasteiger partial charge is 0.407 e. The quantitative estimate of drug-likeness (QED) is 0.123. The number of carbonyl (C=O) groups is 4. The van der Waals surface area contributed by atoms with Crippen LogP contribution in [0.5, 0.6) is 23.0 Å². The number of rotatable bonds is 10. The molecule has 296 valence electrons. The van der Waals surface area contributed by atoms with E-state index in [0.29, 0.717) is 47.7 Å². The number of hydrogen-bond donors (Lipinski definition) is 4. The molecule has 5 heterocycles. The van der Waals surface area contributed by atoms with Crippen LogP contribution < -0.4 is 20.1 Å². The average molecular weight is 769 g/mol. The molecule has 4 aromatic rings. The highest BCUT2D eigenvalue weighted by atomic mass is 16.6. The van der Waals surface area contributed by atoms with E-state index in [1.807, 2.05) is 64.1 Å². The molecule has 56 heavy (non-hydrogen) atoms. The van der Waals surface area contributed by atoms with E-state index in [1.165, 1.54) is 14.2 Å². The minimum atomic E-state index is -0.719. The van der Waals surface area contributed by atoms with Gasteiger partial charge in [-0.05, 0) is 73.9 Å². The third kappa shape index (κ3) is 7.59. The Balaban J connectivity index is 1.05. The topological polar surface area (TPSA) is 193 Å². The first-order valence-corrected chi connectivity index (χ1v) is 19.0. The van der Waals surface area contributed by atoms with Crippen LogP contribution in [0.2, 0.25) is 0 Å². The Hall–Kier alpha value is -6.06. The molecule has 0 saturated carbocycles. The van der Waals surface area contributed by atoms with Crippen LogP contribution in [0.1, 0.15) is 77.1 Å². The minimum Gasteiger partial charge on any atom is -0.453 e. The van der Waals surface area contributed by atoms with Crippen LogP contribution >= 0.6 is 0 Å². The van der Waals surface area contributed by atoms with Crippen molar-refractivity contribution in [1.29, 1.82) is 0 Å².